The van der Waals surface area contributed by atoms with Crippen molar-refractivity contribution >= 4 is 15.5 Å². The van der Waals surface area contributed by atoms with Crippen LogP contribution in [0.2, 0.25) is 0 Å². The summed E-state index contributed by atoms with van der Waals surface area (Å²) in [5, 5.41) is 2.82. The van der Waals surface area contributed by atoms with Crippen LogP contribution in [0.4, 0.5) is 5.69 Å². The van der Waals surface area contributed by atoms with Crippen molar-refractivity contribution in [3.63, 3.8) is 0 Å². The van der Waals surface area contributed by atoms with Gasteiger partial charge in [0.2, 0.25) is 0 Å². The van der Waals surface area contributed by atoms with Gasteiger partial charge in [-0.2, -0.15) is 0 Å². The van der Waals surface area contributed by atoms with Crippen LogP contribution in [0.1, 0.15) is 25.7 Å². The lowest BCUT2D eigenvalue weighted by atomic mass is 10.3. The highest BCUT2D eigenvalue weighted by Crippen LogP contribution is 2.29. The molecule has 4 heteroatoms. The number of hydrogen-bond acceptors (Lipinski definition) is 3. The zero-order chi connectivity index (χ0) is 11.6. The smallest absolute Gasteiger partial charge is 0.181 e. The van der Waals surface area contributed by atoms with E-state index in [9.17, 15) is 8.42 Å². The summed E-state index contributed by atoms with van der Waals surface area (Å²) in [5.74, 6) is 0. The summed E-state index contributed by atoms with van der Waals surface area (Å²) >= 11 is 0. The number of hydrogen-bond donors (Lipinski definition) is 1. The minimum Gasteiger partial charge on any atom is -0.388 e. The molecule has 0 aliphatic heterocycles. The van der Waals surface area contributed by atoms with Crippen molar-refractivity contribution in [3.05, 3.63) is 24.3 Å². The maximum Gasteiger partial charge on any atom is 0.181 e. The van der Waals surface area contributed by atoms with E-state index in [0.717, 1.165) is 31.4 Å². The molecular weight excluding hydrogens is 222 g/mol. The van der Waals surface area contributed by atoms with Gasteiger partial charge in [-0.15, -0.1) is 0 Å². The Morgan fingerprint density at radius 3 is 2.19 bits per heavy atom. The highest BCUT2D eigenvalue weighted by molar-refractivity contribution is 7.92. The van der Waals surface area contributed by atoms with Crippen LogP contribution in [0.25, 0.3) is 0 Å². The van der Waals surface area contributed by atoms with E-state index in [1.807, 2.05) is 19.2 Å². The fourth-order valence-corrected chi connectivity index (χ4v) is 4.06. The van der Waals surface area contributed by atoms with E-state index in [1.165, 1.54) is 0 Å². The van der Waals surface area contributed by atoms with Gasteiger partial charge in [-0.3, -0.25) is 0 Å². The molecule has 0 saturated heterocycles. The topological polar surface area (TPSA) is 46.2 Å². The third-order valence-electron chi connectivity index (χ3n) is 3.21. The van der Waals surface area contributed by atoms with Gasteiger partial charge in [0.05, 0.1) is 10.1 Å². The lowest BCUT2D eigenvalue weighted by molar-refractivity contribution is 0.579. The fraction of sp³-hybridized carbons (Fsp3) is 0.500. The Morgan fingerprint density at radius 2 is 1.69 bits per heavy atom. The van der Waals surface area contributed by atoms with Crippen LogP contribution in [-0.4, -0.2) is 20.7 Å². The second-order valence-corrected chi connectivity index (χ2v) is 6.45. The molecule has 1 aliphatic rings. The molecule has 3 nitrogen and oxygen atoms in total. The second kappa shape index (κ2) is 4.45. The van der Waals surface area contributed by atoms with Crippen LogP contribution in [0.3, 0.4) is 0 Å². The average molecular weight is 239 g/mol. The third-order valence-corrected chi connectivity index (χ3v) is 5.49. The molecule has 0 atom stereocenters. The number of sulfone groups is 1. The first-order valence-electron chi connectivity index (χ1n) is 5.66. The van der Waals surface area contributed by atoms with Crippen molar-refractivity contribution in [1.29, 1.82) is 0 Å². The molecular formula is C12H17NO2S. The van der Waals surface area contributed by atoms with Gasteiger partial charge in [0.25, 0.3) is 0 Å². The van der Waals surface area contributed by atoms with Crippen molar-refractivity contribution in [1.82, 2.24) is 0 Å². The van der Waals surface area contributed by atoms with E-state index in [-0.39, 0.29) is 5.25 Å². The molecule has 0 amide bonds. The van der Waals surface area contributed by atoms with Crippen LogP contribution in [0.5, 0.6) is 0 Å². The largest absolute Gasteiger partial charge is 0.388 e. The molecule has 0 radical (unpaired) electrons. The molecule has 1 N–H and O–H groups in total. The third kappa shape index (κ3) is 2.07. The minimum atomic E-state index is -3.09. The van der Waals surface area contributed by atoms with E-state index in [0.29, 0.717) is 4.90 Å². The molecule has 1 saturated carbocycles. The first-order valence-corrected chi connectivity index (χ1v) is 7.21. The zero-order valence-corrected chi connectivity index (χ0v) is 10.3. The monoisotopic (exact) mass is 239 g/mol. The summed E-state index contributed by atoms with van der Waals surface area (Å²) in [7, 11) is -1.27. The van der Waals surface area contributed by atoms with Gasteiger partial charge in [0.15, 0.2) is 9.84 Å². The average Bonchev–Trinajstić information content (AvgIpc) is 2.83. The summed E-state index contributed by atoms with van der Waals surface area (Å²) in [6.45, 7) is 0. The highest BCUT2D eigenvalue weighted by Gasteiger charge is 2.29. The van der Waals surface area contributed by atoms with Gasteiger partial charge < -0.3 is 5.32 Å². The van der Waals surface area contributed by atoms with Gasteiger partial charge in [0, 0.05) is 12.7 Å². The van der Waals surface area contributed by atoms with E-state index >= 15 is 0 Å². The standard InChI is InChI=1S/C12H17NO2S/c1-13-10-6-8-12(9-7-10)16(14,15)11-4-2-3-5-11/h6-9,11,13H,2-5H2,1H3. The predicted octanol–water partition coefficient (Wildman–Crippen LogP) is 2.44. The number of benzene rings is 1. The summed E-state index contributed by atoms with van der Waals surface area (Å²) in [6.07, 6.45) is 3.71. The van der Waals surface area contributed by atoms with Crippen LogP contribution < -0.4 is 5.32 Å². The van der Waals surface area contributed by atoms with E-state index in [1.54, 1.807) is 12.1 Å². The molecule has 0 aromatic heterocycles. The van der Waals surface area contributed by atoms with E-state index in [4.69, 9.17) is 0 Å². The van der Waals surface area contributed by atoms with Gasteiger partial charge >= 0.3 is 0 Å². The Bertz CT molecular complexity index is 444. The first-order chi connectivity index (χ1) is 7.64. The molecule has 2 rings (SSSR count). The molecule has 0 unspecified atom stereocenters. The van der Waals surface area contributed by atoms with Gasteiger partial charge in [0.1, 0.15) is 0 Å². The zero-order valence-electron chi connectivity index (χ0n) is 9.44. The second-order valence-electron chi connectivity index (χ2n) is 4.23. The Kier molecular flexibility index (Phi) is 3.19. The molecule has 0 spiro atoms. The van der Waals surface area contributed by atoms with E-state index < -0.39 is 9.84 Å². The Morgan fingerprint density at radius 1 is 1.12 bits per heavy atom. The van der Waals surface area contributed by atoms with Crippen LogP contribution in [0, 0.1) is 0 Å². The number of nitrogens with one attached hydrogen (secondary N) is 1. The summed E-state index contributed by atoms with van der Waals surface area (Å²) in [4.78, 5) is 0.457. The SMILES string of the molecule is CNc1ccc(S(=O)(=O)C2CCCC2)cc1. The van der Waals surface area contributed by atoms with Crippen molar-refractivity contribution < 1.29 is 8.42 Å². The maximum atomic E-state index is 12.2. The van der Waals surface area contributed by atoms with Gasteiger partial charge in [-0.05, 0) is 37.1 Å². The molecule has 0 bridgehead atoms. The normalized spacial score (nSPS) is 17.6. The lowest BCUT2D eigenvalue weighted by Gasteiger charge is -2.11. The Balaban J connectivity index is 2.28. The minimum absolute atomic E-state index is 0.159. The van der Waals surface area contributed by atoms with Crippen LogP contribution >= 0.6 is 0 Å². The lowest BCUT2D eigenvalue weighted by Crippen LogP contribution is -2.17. The Hall–Kier alpha value is -1.03. The van der Waals surface area contributed by atoms with Crippen molar-refractivity contribution in [2.45, 2.75) is 35.8 Å². The van der Waals surface area contributed by atoms with E-state index in [2.05, 4.69) is 5.32 Å². The summed E-state index contributed by atoms with van der Waals surface area (Å²) in [5.41, 5.74) is 0.936. The summed E-state index contributed by atoms with van der Waals surface area (Å²) < 4.78 is 24.4. The predicted molar refractivity (Wildman–Crippen MR) is 65.4 cm³/mol. The molecule has 16 heavy (non-hydrogen) atoms. The molecule has 0 heterocycles. The number of rotatable bonds is 3. The molecule has 1 aromatic carbocycles. The first kappa shape index (κ1) is 11.5. The van der Waals surface area contributed by atoms with Crippen LogP contribution in [-0.2, 0) is 9.84 Å². The highest BCUT2D eigenvalue weighted by atomic mass is 32.2. The van der Waals surface area contributed by atoms with Crippen molar-refractivity contribution in [3.8, 4) is 0 Å². The molecule has 88 valence electrons. The maximum absolute atomic E-state index is 12.2. The summed E-state index contributed by atoms with van der Waals surface area (Å²) in [6, 6.07) is 7.00. The van der Waals surface area contributed by atoms with Gasteiger partial charge in [-0.1, -0.05) is 12.8 Å². The van der Waals surface area contributed by atoms with Gasteiger partial charge in [-0.25, -0.2) is 8.42 Å². The fourth-order valence-electron chi connectivity index (χ4n) is 2.20. The Labute approximate surface area is 96.8 Å². The number of anilines is 1. The van der Waals surface area contributed by atoms with Crippen molar-refractivity contribution in [2.24, 2.45) is 0 Å². The molecule has 1 aromatic rings. The van der Waals surface area contributed by atoms with Crippen molar-refractivity contribution in [2.75, 3.05) is 12.4 Å². The molecule has 1 fully saturated rings. The molecule has 1 aliphatic carbocycles. The quantitative estimate of drug-likeness (QED) is 0.881. The van der Waals surface area contributed by atoms with Crippen LogP contribution in [0.15, 0.2) is 29.2 Å².